The Morgan fingerprint density at radius 2 is 1.79 bits per heavy atom. The maximum absolute atomic E-state index is 12.8. The fraction of sp³-hybridized carbons (Fsp3) is 0.650. The fourth-order valence-electron chi connectivity index (χ4n) is 6.05. The predicted molar refractivity (Wildman–Crippen MR) is 92.2 cm³/mol. The molecule has 130 valence electrons. The number of nitrogens with one attached hydrogen (secondary N) is 1. The van der Waals surface area contributed by atoms with E-state index in [0.717, 1.165) is 17.8 Å². The average molecular weight is 329 g/mol. The number of rotatable bonds is 4. The molecule has 0 saturated heterocycles. The highest BCUT2D eigenvalue weighted by atomic mass is 16.5. The van der Waals surface area contributed by atoms with Crippen molar-refractivity contribution in [1.29, 1.82) is 0 Å². The highest BCUT2D eigenvalue weighted by Crippen LogP contribution is 2.61. The van der Waals surface area contributed by atoms with Crippen LogP contribution in [0.25, 0.3) is 0 Å². The van der Waals surface area contributed by atoms with E-state index in [9.17, 15) is 9.90 Å². The van der Waals surface area contributed by atoms with Crippen LogP contribution in [0.15, 0.2) is 18.2 Å². The number of carbonyl (C=O) groups is 1. The van der Waals surface area contributed by atoms with Crippen LogP contribution < -0.4 is 10.1 Å². The number of aromatic hydroxyl groups is 1. The van der Waals surface area contributed by atoms with Crippen LogP contribution in [-0.4, -0.2) is 24.2 Å². The topological polar surface area (TPSA) is 58.6 Å². The van der Waals surface area contributed by atoms with E-state index in [1.54, 1.807) is 12.1 Å². The third-order valence-corrected chi connectivity index (χ3v) is 6.80. The van der Waals surface area contributed by atoms with Crippen LogP contribution in [0.5, 0.6) is 11.5 Å². The van der Waals surface area contributed by atoms with Crippen molar-refractivity contribution in [1.82, 2.24) is 5.32 Å². The van der Waals surface area contributed by atoms with Gasteiger partial charge in [0, 0.05) is 6.04 Å². The monoisotopic (exact) mass is 329 g/mol. The molecule has 0 spiro atoms. The van der Waals surface area contributed by atoms with Crippen LogP contribution in [-0.2, 0) is 0 Å². The standard InChI is InChI=1S/C20H27NO3/c1-12(20-9-13-6-14(10-20)8-15(7-13)11-20)21-19(23)18-16(22)4-3-5-17(18)24-2/h3-5,12-15,22H,6-11H2,1-2H3,(H,21,23). The number of carbonyl (C=O) groups excluding carboxylic acids is 1. The maximum Gasteiger partial charge on any atom is 0.259 e. The van der Waals surface area contributed by atoms with Crippen molar-refractivity contribution in [3.05, 3.63) is 23.8 Å². The summed E-state index contributed by atoms with van der Waals surface area (Å²) in [5, 5.41) is 13.3. The molecular weight excluding hydrogens is 302 g/mol. The van der Waals surface area contributed by atoms with Gasteiger partial charge in [-0.15, -0.1) is 0 Å². The lowest BCUT2D eigenvalue weighted by atomic mass is 9.48. The van der Waals surface area contributed by atoms with Gasteiger partial charge in [-0.05, 0) is 80.8 Å². The largest absolute Gasteiger partial charge is 0.507 e. The molecule has 24 heavy (non-hydrogen) atoms. The van der Waals surface area contributed by atoms with E-state index in [0.29, 0.717) is 5.75 Å². The Morgan fingerprint density at radius 3 is 2.33 bits per heavy atom. The highest BCUT2D eigenvalue weighted by molar-refractivity contribution is 5.99. The number of methoxy groups -OCH3 is 1. The molecule has 2 N–H and O–H groups in total. The average Bonchev–Trinajstić information content (AvgIpc) is 2.53. The summed E-state index contributed by atoms with van der Waals surface area (Å²) < 4.78 is 5.26. The second-order valence-corrected chi connectivity index (χ2v) is 8.33. The smallest absolute Gasteiger partial charge is 0.259 e. The number of benzene rings is 1. The van der Waals surface area contributed by atoms with Crippen molar-refractivity contribution >= 4 is 5.91 Å². The Bertz CT molecular complexity index is 619. The van der Waals surface area contributed by atoms with Crippen LogP contribution in [0.4, 0.5) is 0 Å². The minimum atomic E-state index is -0.229. The minimum absolute atomic E-state index is 0.0236. The zero-order valence-corrected chi connectivity index (χ0v) is 14.5. The molecule has 0 aromatic heterocycles. The van der Waals surface area contributed by atoms with E-state index in [1.807, 2.05) is 0 Å². The van der Waals surface area contributed by atoms with E-state index in [1.165, 1.54) is 51.7 Å². The quantitative estimate of drug-likeness (QED) is 0.885. The lowest BCUT2D eigenvalue weighted by molar-refractivity contribution is -0.0688. The van der Waals surface area contributed by atoms with Gasteiger partial charge in [0.2, 0.25) is 0 Å². The van der Waals surface area contributed by atoms with Crippen LogP contribution in [0.1, 0.15) is 55.8 Å². The predicted octanol–water partition coefficient (Wildman–Crippen LogP) is 3.74. The molecular formula is C20H27NO3. The van der Waals surface area contributed by atoms with Crippen molar-refractivity contribution in [2.45, 2.75) is 51.5 Å². The van der Waals surface area contributed by atoms with Crippen molar-refractivity contribution in [3.8, 4) is 11.5 Å². The van der Waals surface area contributed by atoms with Crippen molar-refractivity contribution in [2.24, 2.45) is 23.2 Å². The van der Waals surface area contributed by atoms with Crippen LogP contribution in [0, 0.1) is 23.2 Å². The summed E-state index contributed by atoms with van der Waals surface area (Å²) in [5.74, 6) is 2.74. The number of phenolic OH excluding ortho intramolecular Hbond substituents is 1. The molecule has 4 aliphatic carbocycles. The summed E-state index contributed by atoms with van der Waals surface area (Å²) in [6.07, 6.45) is 7.93. The first kappa shape index (κ1) is 15.8. The molecule has 4 fully saturated rings. The summed E-state index contributed by atoms with van der Waals surface area (Å²) in [6.45, 7) is 2.15. The van der Waals surface area contributed by atoms with Gasteiger partial charge in [0.15, 0.2) is 0 Å². The number of hydrogen-bond acceptors (Lipinski definition) is 3. The molecule has 1 atom stereocenters. The van der Waals surface area contributed by atoms with Gasteiger partial charge in [-0.2, -0.15) is 0 Å². The Balaban J connectivity index is 1.54. The molecule has 5 rings (SSSR count). The first-order valence-corrected chi connectivity index (χ1v) is 9.17. The van der Waals surface area contributed by atoms with Gasteiger partial charge < -0.3 is 15.2 Å². The van der Waals surface area contributed by atoms with Crippen molar-refractivity contribution < 1.29 is 14.6 Å². The zero-order chi connectivity index (χ0) is 16.9. The SMILES string of the molecule is COc1cccc(O)c1C(=O)NC(C)C12CC3CC(CC(C3)C1)C2. The van der Waals surface area contributed by atoms with Gasteiger partial charge in [-0.3, -0.25) is 4.79 Å². The van der Waals surface area contributed by atoms with E-state index in [2.05, 4.69) is 12.2 Å². The van der Waals surface area contributed by atoms with Crippen molar-refractivity contribution in [2.75, 3.05) is 7.11 Å². The van der Waals surface area contributed by atoms with Gasteiger partial charge >= 0.3 is 0 Å². The third kappa shape index (κ3) is 2.47. The molecule has 4 nitrogen and oxygen atoms in total. The van der Waals surface area contributed by atoms with Crippen LogP contribution >= 0.6 is 0 Å². The molecule has 1 unspecified atom stereocenters. The second kappa shape index (κ2) is 5.68. The highest BCUT2D eigenvalue weighted by Gasteiger charge is 2.53. The summed E-state index contributed by atoms with van der Waals surface area (Å²) in [4.78, 5) is 12.8. The molecule has 0 heterocycles. The van der Waals surface area contributed by atoms with Gasteiger partial charge in [0.25, 0.3) is 5.91 Å². The summed E-state index contributed by atoms with van der Waals surface area (Å²) in [5.41, 5.74) is 0.499. The molecule has 4 heteroatoms. The fourth-order valence-corrected chi connectivity index (χ4v) is 6.05. The van der Waals surface area contributed by atoms with Crippen LogP contribution in [0.2, 0.25) is 0 Å². The number of hydrogen-bond donors (Lipinski definition) is 2. The molecule has 0 radical (unpaired) electrons. The lowest BCUT2D eigenvalue weighted by Crippen LogP contribution is -2.55. The molecule has 1 aromatic carbocycles. The molecule has 0 aliphatic heterocycles. The van der Waals surface area contributed by atoms with Gasteiger partial charge in [0.1, 0.15) is 17.1 Å². The lowest BCUT2D eigenvalue weighted by Gasteiger charge is -2.59. The number of amides is 1. The molecule has 1 aromatic rings. The summed E-state index contributed by atoms with van der Waals surface area (Å²) in [7, 11) is 1.52. The Morgan fingerprint density at radius 1 is 1.21 bits per heavy atom. The Labute approximate surface area is 143 Å². The van der Waals surface area contributed by atoms with E-state index in [-0.39, 0.29) is 28.7 Å². The zero-order valence-electron chi connectivity index (χ0n) is 14.5. The van der Waals surface area contributed by atoms with Gasteiger partial charge in [0.05, 0.1) is 7.11 Å². The minimum Gasteiger partial charge on any atom is -0.507 e. The summed E-state index contributed by atoms with van der Waals surface area (Å²) in [6, 6.07) is 5.06. The van der Waals surface area contributed by atoms with E-state index in [4.69, 9.17) is 4.74 Å². The molecule has 4 bridgehead atoms. The Kier molecular flexibility index (Phi) is 3.74. The second-order valence-electron chi connectivity index (χ2n) is 8.33. The first-order valence-electron chi connectivity index (χ1n) is 9.17. The van der Waals surface area contributed by atoms with Crippen molar-refractivity contribution in [3.63, 3.8) is 0 Å². The van der Waals surface area contributed by atoms with Crippen LogP contribution in [0.3, 0.4) is 0 Å². The van der Waals surface area contributed by atoms with E-state index < -0.39 is 0 Å². The summed E-state index contributed by atoms with van der Waals surface area (Å²) >= 11 is 0. The normalized spacial score (nSPS) is 34.8. The molecule has 4 saturated carbocycles. The van der Waals surface area contributed by atoms with Gasteiger partial charge in [-0.25, -0.2) is 0 Å². The molecule has 1 amide bonds. The van der Waals surface area contributed by atoms with Gasteiger partial charge in [-0.1, -0.05) is 6.07 Å². The third-order valence-electron chi connectivity index (χ3n) is 6.80. The first-order chi connectivity index (χ1) is 11.5. The number of ether oxygens (including phenoxy) is 1. The maximum atomic E-state index is 12.8. The number of phenols is 1. The van der Waals surface area contributed by atoms with E-state index >= 15 is 0 Å². The Hall–Kier alpha value is -1.71. The molecule has 4 aliphatic rings.